The second kappa shape index (κ2) is 8.85. The van der Waals surface area contributed by atoms with E-state index in [2.05, 4.69) is 22.1 Å². The molecule has 21 heavy (non-hydrogen) atoms. The van der Waals surface area contributed by atoms with Gasteiger partial charge in [-0.05, 0) is 39.5 Å². The molecular formula is C15H25ClN4O. The Kier molecular flexibility index (Phi) is 7.47. The number of anilines is 1. The second-order valence-corrected chi connectivity index (χ2v) is 5.77. The Morgan fingerprint density at radius 2 is 2.05 bits per heavy atom. The van der Waals surface area contributed by atoms with Gasteiger partial charge in [0.05, 0.1) is 10.6 Å². The lowest BCUT2D eigenvalue weighted by Crippen LogP contribution is -2.30. The highest BCUT2D eigenvalue weighted by atomic mass is 35.5. The first-order valence-electron chi connectivity index (χ1n) is 7.25. The summed E-state index contributed by atoms with van der Waals surface area (Å²) < 4.78 is 0. The fourth-order valence-corrected chi connectivity index (χ4v) is 2.07. The lowest BCUT2D eigenvalue weighted by Gasteiger charge is -2.19. The van der Waals surface area contributed by atoms with Crippen LogP contribution in [0.3, 0.4) is 0 Å². The Bertz CT molecular complexity index is 465. The number of halogens is 1. The number of amides is 1. The van der Waals surface area contributed by atoms with Gasteiger partial charge in [-0.3, -0.25) is 4.79 Å². The third-order valence-corrected chi connectivity index (χ3v) is 3.39. The maximum absolute atomic E-state index is 12.4. The van der Waals surface area contributed by atoms with Crippen molar-refractivity contribution < 1.29 is 4.79 Å². The van der Waals surface area contributed by atoms with Gasteiger partial charge in [-0.15, -0.1) is 0 Å². The molecule has 0 saturated carbocycles. The lowest BCUT2D eigenvalue weighted by atomic mass is 10.2. The number of hydrogen-bond acceptors (Lipinski definition) is 4. The third-order valence-electron chi connectivity index (χ3n) is 3.09. The molecule has 6 heteroatoms. The molecule has 0 aromatic carbocycles. The fourth-order valence-electron chi connectivity index (χ4n) is 1.88. The smallest absolute Gasteiger partial charge is 0.255 e. The first-order valence-corrected chi connectivity index (χ1v) is 7.63. The molecule has 118 valence electrons. The first-order chi connectivity index (χ1) is 9.95. The summed E-state index contributed by atoms with van der Waals surface area (Å²) in [6.45, 7) is 4.55. The minimum absolute atomic E-state index is 0.0688. The van der Waals surface area contributed by atoms with Gasteiger partial charge in [-0.25, -0.2) is 4.98 Å². The highest BCUT2D eigenvalue weighted by molar-refractivity contribution is 6.33. The van der Waals surface area contributed by atoms with Gasteiger partial charge in [0.25, 0.3) is 5.91 Å². The molecule has 5 nitrogen and oxygen atoms in total. The van der Waals surface area contributed by atoms with Crippen LogP contribution in [-0.2, 0) is 0 Å². The zero-order valence-electron chi connectivity index (χ0n) is 13.3. The van der Waals surface area contributed by atoms with Crippen molar-refractivity contribution in [1.29, 1.82) is 0 Å². The summed E-state index contributed by atoms with van der Waals surface area (Å²) in [5.74, 6) is 0.618. The second-order valence-electron chi connectivity index (χ2n) is 5.36. The number of pyridine rings is 1. The summed E-state index contributed by atoms with van der Waals surface area (Å²) in [6.07, 6.45) is 3.46. The number of hydrogen-bond donors (Lipinski definition) is 1. The van der Waals surface area contributed by atoms with Crippen LogP contribution >= 0.6 is 11.6 Å². The molecule has 1 amide bonds. The molecule has 1 N–H and O–H groups in total. The van der Waals surface area contributed by atoms with Crippen molar-refractivity contribution in [2.24, 2.45) is 0 Å². The van der Waals surface area contributed by atoms with E-state index in [1.165, 1.54) is 6.20 Å². The van der Waals surface area contributed by atoms with Crippen LogP contribution < -0.4 is 5.32 Å². The topological polar surface area (TPSA) is 48.5 Å². The first kappa shape index (κ1) is 17.7. The summed E-state index contributed by atoms with van der Waals surface area (Å²) in [5, 5.41) is 3.56. The average Bonchev–Trinajstić information content (AvgIpc) is 2.45. The number of aromatic nitrogens is 1. The van der Waals surface area contributed by atoms with Crippen molar-refractivity contribution in [2.75, 3.05) is 46.1 Å². The molecule has 0 atom stereocenters. The number of carbonyl (C=O) groups excluding carboxylic acids is 1. The molecular weight excluding hydrogens is 288 g/mol. The van der Waals surface area contributed by atoms with Gasteiger partial charge in [0.15, 0.2) is 0 Å². The van der Waals surface area contributed by atoms with Gasteiger partial charge >= 0.3 is 0 Å². The van der Waals surface area contributed by atoms with E-state index in [1.54, 1.807) is 18.0 Å². The zero-order valence-corrected chi connectivity index (χ0v) is 14.1. The Labute approximate surface area is 132 Å². The fraction of sp³-hybridized carbons (Fsp3) is 0.600. The van der Waals surface area contributed by atoms with E-state index in [0.29, 0.717) is 22.9 Å². The molecule has 0 spiro atoms. The summed E-state index contributed by atoms with van der Waals surface area (Å²) in [6, 6.07) is 1.72. The molecule has 0 aliphatic carbocycles. The van der Waals surface area contributed by atoms with Gasteiger partial charge in [0.2, 0.25) is 0 Å². The largest absolute Gasteiger partial charge is 0.370 e. The van der Waals surface area contributed by atoms with E-state index in [0.717, 1.165) is 25.9 Å². The zero-order chi connectivity index (χ0) is 15.8. The van der Waals surface area contributed by atoms with E-state index in [1.807, 2.05) is 14.1 Å². The number of nitrogens with zero attached hydrogens (tertiary/aromatic N) is 3. The van der Waals surface area contributed by atoms with E-state index >= 15 is 0 Å². The van der Waals surface area contributed by atoms with Crippen LogP contribution in [0, 0.1) is 0 Å². The highest BCUT2D eigenvalue weighted by Crippen LogP contribution is 2.19. The van der Waals surface area contributed by atoms with Crippen LogP contribution in [0.15, 0.2) is 12.3 Å². The molecule has 0 radical (unpaired) electrons. The van der Waals surface area contributed by atoms with Crippen molar-refractivity contribution >= 4 is 23.3 Å². The Morgan fingerprint density at radius 3 is 2.67 bits per heavy atom. The standard InChI is InChI=1S/C15H25ClN4O/c1-5-7-17-14-10-12(13(16)11-18-14)15(21)20(4)9-6-8-19(2)3/h10-11H,5-9H2,1-4H3,(H,17,18). The summed E-state index contributed by atoms with van der Waals surface area (Å²) in [4.78, 5) is 20.4. The number of nitrogens with one attached hydrogen (secondary N) is 1. The van der Waals surface area contributed by atoms with Crippen LogP contribution in [0.2, 0.25) is 5.02 Å². The quantitative estimate of drug-likeness (QED) is 0.801. The molecule has 0 aliphatic heterocycles. The number of carbonyl (C=O) groups is 1. The maximum atomic E-state index is 12.4. The minimum atomic E-state index is -0.0688. The van der Waals surface area contributed by atoms with Gasteiger partial charge in [0.1, 0.15) is 5.82 Å². The van der Waals surface area contributed by atoms with Crippen LogP contribution in [0.4, 0.5) is 5.82 Å². The van der Waals surface area contributed by atoms with Crippen molar-refractivity contribution in [2.45, 2.75) is 19.8 Å². The van der Waals surface area contributed by atoms with Crippen molar-refractivity contribution in [1.82, 2.24) is 14.8 Å². The minimum Gasteiger partial charge on any atom is -0.370 e. The molecule has 1 aromatic heterocycles. The SMILES string of the molecule is CCCNc1cc(C(=O)N(C)CCCN(C)C)c(Cl)cn1. The molecule has 1 aromatic rings. The summed E-state index contributed by atoms with van der Waals surface area (Å²) in [5.41, 5.74) is 0.498. The molecule has 0 saturated heterocycles. The van der Waals surface area contributed by atoms with Gasteiger partial charge in [0, 0.05) is 26.3 Å². The van der Waals surface area contributed by atoms with Crippen LogP contribution in [0.25, 0.3) is 0 Å². The van der Waals surface area contributed by atoms with E-state index in [4.69, 9.17) is 11.6 Å². The highest BCUT2D eigenvalue weighted by Gasteiger charge is 2.16. The van der Waals surface area contributed by atoms with Crippen LogP contribution in [0.5, 0.6) is 0 Å². The maximum Gasteiger partial charge on any atom is 0.255 e. The Morgan fingerprint density at radius 1 is 1.33 bits per heavy atom. The monoisotopic (exact) mass is 312 g/mol. The molecule has 0 fully saturated rings. The number of rotatable bonds is 8. The van der Waals surface area contributed by atoms with E-state index in [9.17, 15) is 4.79 Å². The van der Waals surface area contributed by atoms with Gasteiger partial charge in [-0.2, -0.15) is 0 Å². The van der Waals surface area contributed by atoms with Gasteiger partial charge in [-0.1, -0.05) is 18.5 Å². The predicted octanol–water partition coefficient (Wildman–Crippen LogP) is 2.58. The Balaban J connectivity index is 2.71. The average molecular weight is 313 g/mol. The van der Waals surface area contributed by atoms with Crippen molar-refractivity contribution in [3.63, 3.8) is 0 Å². The van der Waals surface area contributed by atoms with Crippen LogP contribution in [-0.4, -0.2) is 61.5 Å². The van der Waals surface area contributed by atoms with E-state index < -0.39 is 0 Å². The van der Waals surface area contributed by atoms with Crippen molar-refractivity contribution in [3.8, 4) is 0 Å². The predicted molar refractivity (Wildman–Crippen MR) is 88.2 cm³/mol. The normalized spacial score (nSPS) is 10.8. The molecule has 0 unspecified atom stereocenters. The van der Waals surface area contributed by atoms with Crippen molar-refractivity contribution in [3.05, 3.63) is 22.8 Å². The molecule has 0 bridgehead atoms. The summed E-state index contributed by atoms with van der Waals surface area (Å²) >= 11 is 6.11. The Hall–Kier alpha value is -1.33. The molecule has 1 heterocycles. The van der Waals surface area contributed by atoms with Crippen LogP contribution in [0.1, 0.15) is 30.1 Å². The third kappa shape index (κ3) is 5.89. The molecule has 0 aliphatic rings. The van der Waals surface area contributed by atoms with Gasteiger partial charge < -0.3 is 15.1 Å². The lowest BCUT2D eigenvalue weighted by molar-refractivity contribution is 0.0791. The summed E-state index contributed by atoms with van der Waals surface area (Å²) in [7, 11) is 5.84. The van der Waals surface area contributed by atoms with E-state index in [-0.39, 0.29) is 5.91 Å². The molecule has 1 rings (SSSR count).